The lowest BCUT2D eigenvalue weighted by Gasteiger charge is -2.32. The molecule has 3 aromatic rings. The van der Waals surface area contributed by atoms with Gasteiger partial charge in [0.15, 0.2) is 41.1 Å². The lowest BCUT2D eigenvalue weighted by atomic mass is 10.1. The molecule has 6 amide bonds. The quantitative estimate of drug-likeness (QED) is 0.0555. The van der Waals surface area contributed by atoms with E-state index < -0.39 is 144 Å². The number of ether oxygens (including phenoxy) is 3. The molecule has 0 aliphatic carbocycles. The lowest BCUT2D eigenvalue weighted by molar-refractivity contribution is -0.174. The van der Waals surface area contributed by atoms with E-state index in [4.69, 9.17) is 14.2 Å². The maximum atomic E-state index is 13.6. The highest BCUT2D eigenvalue weighted by Crippen LogP contribution is 2.29. The predicted molar refractivity (Wildman–Crippen MR) is 205 cm³/mol. The molecule has 0 unspecified atom stereocenters. The van der Waals surface area contributed by atoms with Crippen molar-refractivity contribution >= 4 is 53.4 Å². The third kappa shape index (κ3) is 12.3. The van der Waals surface area contributed by atoms with Gasteiger partial charge in [-0.1, -0.05) is 30.3 Å². The Kier molecular flexibility index (Phi) is 15.5. The highest BCUT2D eigenvalue weighted by molar-refractivity contribution is 6.01. The Hall–Kier alpha value is -7.91. The monoisotopic (exact) mass is 850 g/mol. The zero-order valence-corrected chi connectivity index (χ0v) is 32.6. The van der Waals surface area contributed by atoms with Crippen LogP contribution >= 0.6 is 0 Å². The van der Waals surface area contributed by atoms with Crippen LogP contribution in [0, 0.1) is 0 Å². The van der Waals surface area contributed by atoms with Crippen molar-refractivity contribution in [2.45, 2.75) is 57.2 Å². The molecule has 0 bridgehead atoms. The largest absolute Gasteiger partial charge is 0.504 e. The molecular weight excluding hydrogens is 808 g/mol. The van der Waals surface area contributed by atoms with E-state index in [0.29, 0.717) is 0 Å². The Morgan fingerprint density at radius 2 is 0.803 bits per heavy atom. The molecule has 1 aliphatic rings. The molecule has 0 aromatic heterocycles. The van der Waals surface area contributed by atoms with E-state index in [0.717, 1.165) is 38.1 Å². The fraction of sp³-hybridized carbons (Fsp3) is 0.308. The summed E-state index contributed by atoms with van der Waals surface area (Å²) in [6, 6.07) is 9.23. The normalized spacial score (nSPS) is 20.4. The summed E-state index contributed by atoms with van der Waals surface area (Å²) < 4.78 is 16.3. The second-order valence-electron chi connectivity index (χ2n) is 13.3. The van der Waals surface area contributed by atoms with Gasteiger partial charge in [-0.3, -0.25) is 28.8 Å². The van der Waals surface area contributed by atoms with Crippen molar-refractivity contribution in [2.24, 2.45) is 0 Å². The van der Waals surface area contributed by atoms with Crippen LogP contribution in [0.4, 0.5) is 0 Å². The fourth-order valence-corrected chi connectivity index (χ4v) is 5.54. The number of benzene rings is 3. The minimum atomic E-state index is -1.89. The number of nitrogens with one attached hydrogen (secondary N) is 6. The summed E-state index contributed by atoms with van der Waals surface area (Å²) in [7, 11) is 0. The van der Waals surface area contributed by atoms with E-state index in [9.17, 15) is 63.6 Å². The average Bonchev–Trinajstić information content (AvgIpc) is 3.22. The fourth-order valence-electron chi connectivity index (χ4n) is 5.54. The average molecular weight is 851 g/mol. The standard InChI is InChI=1S/C39H42N6O16/c1-18-29(43-26(48)15-40-34(53)21-9-5-4-6-10-21)37(56)60-19(2)30(44-27(49)16-41-35(54)22-11-7-13-24(46)32(22)51)39(58)61-20(3)31(38(57)59-18)45-28(50)17-42-36(55)23-12-8-14-25(47)33(23)52/h4-14,18-20,29-31,46-47,51-52H,15-17H2,1-3H3,(H,40,53)(H,41,54)(H,42,55)(H,43,48)(H,44,49)(H,45,50)/t18-,19-,20-,29+,30+,31+/m1/s1. The van der Waals surface area contributed by atoms with Crippen LogP contribution in [0.25, 0.3) is 0 Å². The first-order valence-corrected chi connectivity index (χ1v) is 18.3. The van der Waals surface area contributed by atoms with Gasteiger partial charge in [0.2, 0.25) is 17.7 Å². The van der Waals surface area contributed by atoms with E-state index in [1.165, 1.54) is 31.2 Å². The summed E-state index contributed by atoms with van der Waals surface area (Å²) in [6.07, 6.45) is -4.83. The van der Waals surface area contributed by atoms with E-state index in [-0.39, 0.29) is 5.56 Å². The number of rotatable bonds is 12. The summed E-state index contributed by atoms with van der Waals surface area (Å²) in [5, 5.41) is 53.0. The number of para-hydroxylation sites is 2. The van der Waals surface area contributed by atoms with Crippen molar-refractivity contribution in [2.75, 3.05) is 19.6 Å². The van der Waals surface area contributed by atoms with Gasteiger partial charge < -0.3 is 66.5 Å². The van der Waals surface area contributed by atoms with Crippen molar-refractivity contribution in [3.05, 3.63) is 83.4 Å². The van der Waals surface area contributed by atoms with Crippen LogP contribution in [0.1, 0.15) is 51.8 Å². The Morgan fingerprint density at radius 1 is 0.475 bits per heavy atom. The topological polar surface area (TPSA) is 334 Å². The number of aromatic hydroxyl groups is 4. The Morgan fingerprint density at radius 3 is 1.15 bits per heavy atom. The van der Waals surface area contributed by atoms with E-state index in [1.807, 2.05) is 0 Å². The third-order valence-corrected chi connectivity index (χ3v) is 8.81. The second kappa shape index (κ2) is 20.7. The van der Waals surface area contributed by atoms with Crippen LogP contribution in [-0.2, 0) is 43.0 Å². The number of hydrogen-bond donors (Lipinski definition) is 10. The van der Waals surface area contributed by atoms with Crippen molar-refractivity contribution in [3.8, 4) is 23.0 Å². The molecule has 0 radical (unpaired) electrons. The molecule has 22 nitrogen and oxygen atoms in total. The molecule has 4 rings (SSSR count). The molecule has 61 heavy (non-hydrogen) atoms. The summed E-state index contributed by atoms with van der Waals surface area (Å²) in [6.45, 7) is 1.13. The zero-order chi connectivity index (χ0) is 45.0. The van der Waals surface area contributed by atoms with Crippen molar-refractivity contribution in [1.29, 1.82) is 0 Å². The van der Waals surface area contributed by atoms with Gasteiger partial charge in [0.05, 0.1) is 30.8 Å². The van der Waals surface area contributed by atoms with Crippen molar-refractivity contribution in [3.63, 3.8) is 0 Å². The minimum absolute atomic E-state index is 0.216. The zero-order valence-electron chi connectivity index (χ0n) is 32.6. The van der Waals surface area contributed by atoms with Crippen LogP contribution in [0.3, 0.4) is 0 Å². The van der Waals surface area contributed by atoms with Crippen LogP contribution < -0.4 is 31.9 Å². The maximum Gasteiger partial charge on any atom is 0.332 e. The first kappa shape index (κ1) is 45.8. The highest BCUT2D eigenvalue weighted by Gasteiger charge is 2.41. The number of carbonyl (C=O) groups is 9. The highest BCUT2D eigenvalue weighted by atomic mass is 16.6. The molecule has 1 heterocycles. The summed E-state index contributed by atoms with van der Waals surface area (Å²) in [5.74, 6) is -12.5. The molecule has 10 N–H and O–H groups in total. The molecular formula is C39H42N6O16. The lowest BCUT2D eigenvalue weighted by Crippen LogP contribution is -2.59. The van der Waals surface area contributed by atoms with Crippen LogP contribution in [-0.4, -0.2) is 130 Å². The van der Waals surface area contributed by atoms with E-state index in [1.54, 1.807) is 18.2 Å². The molecule has 6 atom stereocenters. The van der Waals surface area contributed by atoms with E-state index in [2.05, 4.69) is 31.9 Å². The van der Waals surface area contributed by atoms with Gasteiger partial charge in [0.1, 0.15) is 18.3 Å². The number of hydrogen-bond acceptors (Lipinski definition) is 16. The molecule has 1 aliphatic heterocycles. The molecule has 22 heteroatoms. The van der Waals surface area contributed by atoms with E-state index >= 15 is 0 Å². The van der Waals surface area contributed by atoms with Gasteiger partial charge in [-0.05, 0) is 57.2 Å². The van der Waals surface area contributed by atoms with Gasteiger partial charge in [0.25, 0.3) is 17.7 Å². The Bertz CT molecular complexity index is 2100. The maximum absolute atomic E-state index is 13.6. The Labute approximate surface area is 345 Å². The number of phenolic OH excluding ortho intramolecular Hbond substituents is 4. The summed E-state index contributed by atoms with van der Waals surface area (Å²) >= 11 is 0. The minimum Gasteiger partial charge on any atom is -0.504 e. The molecule has 324 valence electrons. The number of amides is 6. The van der Waals surface area contributed by atoms with Gasteiger partial charge >= 0.3 is 17.9 Å². The summed E-state index contributed by atoms with van der Waals surface area (Å²) in [4.78, 5) is 118. The van der Waals surface area contributed by atoms with Crippen molar-refractivity contribution in [1.82, 2.24) is 31.9 Å². The first-order chi connectivity index (χ1) is 28.9. The first-order valence-electron chi connectivity index (χ1n) is 18.3. The second-order valence-corrected chi connectivity index (χ2v) is 13.3. The van der Waals surface area contributed by atoms with Gasteiger partial charge in [0, 0.05) is 5.56 Å². The molecule has 0 saturated carbocycles. The Balaban J connectivity index is 1.56. The van der Waals surface area contributed by atoms with Gasteiger partial charge in [-0.25, -0.2) is 14.4 Å². The van der Waals surface area contributed by atoms with Gasteiger partial charge in [-0.2, -0.15) is 0 Å². The molecule has 1 fully saturated rings. The van der Waals surface area contributed by atoms with Crippen LogP contribution in [0.15, 0.2) is 66.7 Å². The number of carbonyl (C=O) groups excluding carboxylic acids is 9. The smallest absolute Gasteiger partial charge is 0.332 e. The van der Waals surface area contributed by atoms with Crippen LogP contribution in [0.5, 0.6) is 23.0 Å². The predicted octanol–water partition coefficient (Wildman–Crippen LogP) is -1.64. The number of phenols is 4. The third-order valence-electron chi connectivity index (χ3n) is 8.81. The molecule has 3 aromatic carbocycles. The van der Waals surface area contributed by atoms with Crippen molar-refractivity contribution < 1.29 is 77.8 Å². The number of cyclic esters (lactones) is 3. The number of esters is 3. The SMILES string of the molecule is C[C@H]1OC(=O)[C@@H](NC(=O)CNC(=O)c2cccc(O)c2O)[C@@H](C)OC(=O)[C@@H](NC(=O)CNC(=O)c2cccc(O)c2O)[C@@H](C)OC(=O)[C@H]1NC(=O)CNC(=O)c1ccccc1. The summed E-state index contributed by atoms with van der Waals surface area (Å²) in [5.41, 5.74) is -0.574. The van der Waals surface area contributed by atoms with Crippen LogP contribution in [0.2, 0.25) is 0 Å². The molecule has 0 spiro atoms. The van der Waals surface area contributed by atoms with Gasteiger partial charge in [-0.15, -0.1) is 0 Å². The molecule has 1 saturated heterocycles.